The summed E-state index contributed by atoms with van der Waals surface area (Å²) in [6.45, 7) is 7.24. The number of aliphatic hydroxyl groups is 1. The van der Waals surface area contributed by atoms with Gasteiger partial charge in [-0.1, -0.05) is 72.8 Å². The molecule has 0 aliphatic carbocycles. The second-order valence-corrected chi connectivity index (χ2v) is 8.88. The number of aliphatic hydroxyl groups excluding tert-OH is 1. The summed E-state index contributed by atoms with van der Waals surface area (Å²) in [5, 5.41) is 15.4. The van der Waals surface area contributed by atoms with Gasteiger partial charge in [0.05, 0.1) is 25.1 Å². The molecule has 0 saturated heterocycles. The van der Waals surface area contributed by atoms with Crippen LogP contribution in [0, 0.1) is 5.92 Å². The van der Waals surface area contributed by atoms with Gasteiger partial charge >= 0.3 is 5.97 Å². The highest BCUT2D eigenvalue weighted by molar-refractivity contribution is 5.86. The quantitative estimate of drug-likeness (QED) is 0.171. The molecule has 2 rings (SSSR count). The molecule has 0 unspecified atom stereocenters. The van der Waals surface area contributed by atoms with E-state index in [1.165, 1.54) is 0 Å². The van der Waals surface area contributed by atoms with Crippen molar-refractivity contribution in [1.82, 2.24) is 10.6 Å². The number of esters is 1. The maximum Gasteiger partial charge on any atom is 0.306 e. The number of amides is 2. The molecule has 3 N–H and O–H groups in total. The first-order valence-corrected chi connectivity index (χ1v) is 12.6. The fourth-order valence-electron chi connectivity index (χ4n) is 3.90. The predicted molar refractivity (Wildman–Crippen MR) is 144 cm³/mol. The van der Waals surface area contributed by atoms with Crippen molar-refractivity contribution in [2.45, 2.75) is 50.7 Å². The second kappa shape index (κ2) is 16.9. The van der Waals surface area contributed by atoms with Crippen molar-refractivity contribution in [1.29, 1.82) is 0 Å². The Bertz CT molecular complexity index is 994. The summed E-state index contributed by atoms with van der Waals surface area (Å²) in [5.41, 5.74) is 1.76. The van der Waals surface area contributed by atoms with Gasteiger partial charge in [0, 0.05) is 12.8 Å². The third-order valence-electron chi connectivity index (χ3n) is 5.86. The Morgan fingerprint density at radius 1 is 0.973 bits per heavy atom. The third-order valence-corrected chi connectivity index (χ3v) is 5.86. The molecule has 0 aliphatic heterocycles. The van der Waals surface area contributed by atoms with E-state index in [2.05, 4.69) is 23.8 Å². The van der Waals surface area contributed by atoms with Gasteiger partial charge < -0.3 is 20.5 Å². The zero-order valence-electron chi connectivity index (χ0n) is 21.3. The number of allylic oxidation sites excluding steroid dienone is 2. The summed E-state index contributed by atoms with van der Waals surface area (Å²) in [7, 11) is 0. The SMILES string of the molecule is C=CCCCC(=O)O[C@@H](CNC(=O)[C@@H](CC=C)CC(=O)N[C@H](CO)Cc1ccccc1)c1ccccc1. The molecule has 0 fully saturated rings. The minimum absolute atomic E-state index is 0.0551. The van der Waals surface area contributed by atoms with Crippen LogP contribution in [0.1, 0.15) is 49.3 Å². The summed E-state index contributed by atoms with van der Waals surface area (Å²) >= 11 is 0. The lowest BCUT2D eigenvalue weighted by Crippen LogP contribution is -2.42. The zero-order chi connectivity index (χ0) is 26.9. The highest BCUT2D eigenvalue weighted by Gasteiger charge is 2.24. The van der Waals surface area contributed by atoms with Gasteiger partial charge in [-0.3, -0.25) is 14.4 Å². The number of unbranched alkanes of at least 4 members (excludes halogenated alkanes) is 1. The molecule has 0 aromatic heterocycles. The lowest BCUT2D eigenvalue weighted by molar-refractivity contribution is -0.150. The monoisotopic (exact) mass is 506 g/mol. The number of ether oxygens (including phenoxy) is 1. The molecular formula is C30H38N2O5. The Kier molecular flexibility index (Phi) is 13.5. The summed E-state index contributed by atoms with van der Waals surface area (Å²) < 4.78 is 5.66. The number of carbonyl (C=O) groups excluding carboxylic acids is 3. The first-order valence-electron chi connectivity index (χ1n) is 12.6. The lowest BCUT2D eigenvalue weighted by atomic mass is 9.98. The van der Waals surface area contributed by atoms with E-state index in [1.807, 2.05) is 60.7 Å². The second-order valence-electron chi connectivity index (χ2n) is 8.88. The maximum atomic E-state index is 13.0. The van der Waals surface area contributed by atoms with Gasteiger partial charge in [0.15, 0.2) is 0 Å². The largest absolute Gasteiger partial charge is 0.456 e. The first kappa shape index (κ1) is 29.5. The van der Waals surface area contributed by atoms with Crippen LogP contribution in [0.5, 0.6) is 0 Å². The van der Waals surface area contributed by atoms with Crippen LogP contribution in [0.2, 0.25) is 0 Å². The lowest BCUT2D eigenvalue weighted by Gasteiger charge is -2.22. The first-order chi connectivity index (χ1) is 18.0. The van der Waals surface area contributed by atoms with Crippen molar-refractivity contribution in [3.8, 4) is 0 Å². The van der Waals surface area contributed by atoms with E-state index in [-0.39, 0.29) is 43.8 Å². The van der Waals surface area contributed by atoms with Gasteiger partial charge in [-0.2, -0.15) is 0 Å². The third kappa shape index (κ3) is 11.3. The summed E-state index contributed by atoms with van der Waals surface area (Å²) in [4.78, 5) is 38.1. The van der Waals surface area contributed by atoms with Crippen molar-refractivity contribution in [2.24, 2.45) is 5.92 Å². The fraction of sp³-hybridized carbons (Fsp3) is 0.367. The van der Waals surface area contributed by atoms with E-state index in [0.717, 1.165) is 17.5 Å². The Hall–Kier alpha value is -3.71. The molecule has 0 aliphatic rings. The molecular weight excluding hydrogens is 468 g/mol. The van der Waals surface area contributed by atoms with Crippen molar-refractivity contribution in [2.75, 3.05) is 13.2 Å². The van der Waals surface area contributed by atoms with Gasteiger partial charge in [0.2, 0.25) is 11.8 Å². The number of hydrogen-bond donors (Lipinski definition) is 3. The Morgan fingerprint density at radius 2 is 1.65 bits per heavy atom. The zero-order valence-corrected chi connectivity index (χ0v) is 21.3. The van der Waals surface area contributed by atoms with E-state index in [9.17, 15) is 19.5 Å². The van der Waals surface area contributed by atoms with Gasteiger partial charge in [-0.05, 0) is 36.8 Å². The number of hydrogen-bond acceptors (Lipinski definition) is 5. The molecule has 7 nitrogen and oxygen atoms in total. The number of carbonyl (C=O) groups is 3. The number of nitrogens with one attached hydrogen (secondary N) is 2. The molecule has 0 spiro atoms. The van der Waals surface area contributed by atoms with Crippen molar-refractivity contribution >= 4 is 17.8 Å². The van der Waals surface area contributed by atoms with E-state index in [0.29, 0.717) is 19.3 Å². The predicted octanol–water partition coefficient (Wildman–Crippen LogP) is 4.05. The van der Waals surface area contributed by atoms with Gasteiger partial charge in [-0.25, -0.2) is 0 Å². The fourth-order valence-corrected chi connectivity index (χ4v) is 3.90. The molecule has 0 heterocycles. The smallest absolute Gasteiger partial charge is 0.306 e. The van der Waals surface area contributed by atoms with E-state index < -0.39 is 18.1 Å². The van der Waals surface area contributed by atoms with Gasteiger partial charge in [0.25, 0.3) is 0 Å². The molecule has 3 atom stereocenters. The average molecular weight is 507 g/mol. The molecule has 7 heteroatoms. The molecule has 2 amide bonds. The van der Waals surface area contributed by atoms with Gasteiger partial charge in [0.1, 0.15) is 6.10 Å². The highest BCUT2D eigenvalue weighted by atomic mass is 16.5. The van der Waals surface area contributed by atoms with Crippen molar-refractivity contribution in [3.05, 3.63) is 97.1 Å². The van der Waals surface area contributed by atoms with Crippen molar-refractivity contribution in [3.63, 3.8) is 0 Å². The Balaban J connectivity index is 1.97. The minimum Gasteiger partial charge on any atom is -0.456 e. The standard InChI is InChI=1S/C30H38N2O5/c1-3-5-8-18-29(35)37-27(24-16-11-7-12-17-24)21-31-30(36)25(13-4-2)20-28(34)32-26(22-33)19-23-14-9-6-10-15-23/h3-4,6-7,9-12,14-17,25-27,33H,1-2,5,8,13,18-22H2,(H,31,36)(H,32,34)/t25-,26-,27-/m0/s1. The van der Waals surface area contributed by atoms with Gasteiger partial charge in [-0.15, -0.1) is 13.2 Å². The summed E-state index contributed by atoms with van der Waals surface area (Å²) in [6, 6.07) is 18.3. The molecule has 2 aromatic rings. The van der Waals surface area contributed by atoms with Crippen LogP contribution in [0.4, 0.5) is 0 Å². The van der Waals surface area contributed by atoms with Crippen LogP contribution in [0.15, 0.2) is 86.0 Å². The molecule has 0 radical (unpaired) electrons. The molecule has 0 bridgehead atoms. The Labute approximate surface area is 219 Å². The molecule has 198 valence electrons. The number of benzene rings is 2. The highest BCUT2D eigenvalue weighted by Crippen LogP contribution is 2.19. The average Bonchev–Trinajstić information content (AvgIpc) is 2.91. The Morgan fingerprint density at radius 3 is 2.27 bits per heavy atom. The number of rotatable bonds is 17. The van der Waals surface area contributed by atoms with Crippen LogP contribution < -0.4 is 10.6 Å². The van der Waals surface area contributed by atoms with Crippen LogP contribution >= 0.6 is 0 Å². The van der Waals surface area contributed by atoms with E-state index in [1.54, 1.807) is 12.2 Å². The molecule has 37 heavy (non-hydrogen) atoms. The van der Waals surface area contributed by atoms with E-state index >= 15 is 0 Å². The molecule has 2 aromatic carbocycles. The van der Waals surface area contributed by atoms with Crippen LogP contribution in [-0.4, -0.2) is 42.1 Å². The van der Waals surface area contributed by atoms with Crippen LogP contribution in [0.25, 0.3) is 0 Å². The minimum atomic E-state index is -0.649. The van der Waals surface area contributed by atoms with E-state index in [4.69, 9.17) is 4.74 Å². The van der Waals surface area contributed by atoms with Crippen LogP contribution in [-0.2, 0) is 25.5 Å². The van der Waals surface area contributed by atoms with Crippen LogP contribution in [0.3, 0.4) is 0 Å². The topological polar surface area (TPSA) is 105 Å². The van der Waals surface area contributed by atoms with Crippen molar-refractivity contribution < 1.29 is 24.2 Å². The maximum absolute atomic E-state index is 13.0. The summed E-state index contributed by atoms with van der Waals surface area (Å²) in [5.74, 6) is -1.65. The summed E-state index contributed by atoms with van der Waals surface area (Å²) in [6.07, 6.45) is 5.06. The normalized spacial score (nSPS) is 13.0. The molecule has 0 saturated carbocycles.